The molecule has 14 heavy (non-hydrogen) atoms. The molecule has 0 amide bonds. The second-order valence-corrected chi connectivity index (χ2v) is 2.89. The van der Waals surface area contributed by atoms with Crippen LogP contribution in [-0.2, 0) is 11.2 Å². The van der Waals surface area contributed by atoms with Crippen molar-refractivity contribution < 1.29 is 18.0 Å². The van der Waals surface area contributed by atoms with Crippen molar-refractivity contribution in [3.63, 3.8) is 0 Å². The highest BCUT2D eigenvalue weighted by atomic mass is 19.2. The molecule has 4 heteroatoms. The van der Waals surface area contributed by atoms with Gasteiger partial charge in [0.05, 0.1) is 0 Å². The van der Waals surface area contributed by atoms with E-state index < -0.39 is 29.4 Å². The van der Waals surface area contributed by atoms with Gasteiger partial charge >= 0.3 is 0 Å². The third-order valence-electron chi connectivity index (χ3n) is 1.91. The summed E-state index contributed by atoms with van der Waals surface area (Å²) in [7, 11) is 0. The lowest BCUT2D eigenvalue weighted by Gasteiger charge is -2.03. The fourth-order valence-electron chi connectivity index (χ4n) is 1.05. The Morgan fingerprint density at radius 2 is 1.79 bits per heavy atom. The summed E-state index contributed by atoms with van der Waals surface area (Å²) in [5, 5.41) is 0. The summed E-state index contributed by atoms with van der Waals surface area (Å²) in [6.45, 7) is 1.58. The zero-order valence-electron chi connectivity index (χ0n) is 7.61. The lowest BCUT2D eigenvalue weighted by molar-refractivity contribution is -0.118. The summed E-state index contributed by atoms with van der Waals surface area (Å²) in [5.41, 5.74) is -0.489. The van der Waals surface area contributed by atoms with Crippen LogP contribution in [0.1, 0.15) is 18.9 Å². The zero-order valence-corrected chi connectivity index (χ0v) is 7.61. The number of hydrogen-bond acceptors (Lipinski definition) is 1. The van der Waals surface area contributed by atoms with E-state index in [0.717, 1.165) is 6.07 Å². The van der Waals surface area contributed by atoms with E-state index in [9.17, 15) is 18.0 Å². The maximum absolute atomic E-state index is 13.0. The first-order chi connectivity index (χ1) is 6.56. The van der Waals surface area contributed by atoms with Gasteiger partial charge in [-0.05, 0) is 12.1 Å². The third-order valence-corrected chi connectivity index (χ3v) is 1.91. The molecule has 0 saturated heterocycles. The van der Waals surface area contributed by atoms with Crippen molar-refractivity contribution in [3.05, 3.63) is 35.1 Å². The van der Waals surface area contributed by atoms with Gasteiger partial charge in [-0.15, -0.1) is 0 Å². The Hall–Kier alpha value is -1.32. The van der Waals surface area contributed by atoms with Gasteiger partial charge in [0, 0.05) is 18.4 Å². The Labute approximate surface area is 79.5 Å². The molecular weight excluding hydrogens is 193 g/mol. The maximum atomic E-state index is 13.0. The molecule has 0 bridgehead atoms. The lowest BCUT2D eigenvalue weighted by Crippen LogP contribution is -2.06. The molecule has 1 nitrogen and oxygen atoms in total. The van der Waals surface area contributed by atoms with Crippen LogP contribution in [0.2, 0.25) is 0 Å². The molecule has 1 aromatic rings. The van der Waals surface area contributed by atoms with Crippen molar-refractivity contribution in [2.45, 2.75) is 19.8 Å². The molecule has 0 aromatic heterocycles. The topological polar surface area (TPSA) is 17.1 Å². The van der Waals surface area contributed by atoms with Gasteiger partial charge < -0.3 is 0 Å². The highest BCUT2D eigenvalue weighted by Crippen LogP contribution is 2.16. The third kappa shape index (κ3) is 2.13. The fraction of sp³-hybridized carbons (Fsp3) is 0.300. The summed E-state index contributed by atoms with van der Waals surface area (Å²) in [6.07, 6.45) is -0.221. The first-order valence-corrected chi connectivity index (χ1v) is 4.20. The van der Waals surface area contributed by atoms with E-state index >= 15 is 0 Å². The average molecular weight is 202 g/mol. The van der Waals surface area contributed by atoms with Crippen LogP contribution in [0.15, 0.2) is 12.1 Å². The fourth-order valence-corrected chi connectivity index (χ4v) is 1.05. The van der Waals surface area contributed by atoms with Crippen LogP contribution in [0.3, 0.4) is 0 Å². The second-order valence-electron chi connectivity index (χ2n) is 2.89. The van der Waals surface area contributed by atoms with Crippen LogP contribution in [0.25, 0.3) is 0 Å². The first kappa shape index (κ1) is 10.8. The molecule has 0 heterocycles. The molecule has 1 rings (SSSR count). The Morgan fingerprint density at radius 1 is 1.21 bits per heavy atom. The first-order valence-electron chi connectivity index (χ1n) is 4.20. The van der Waals surface area contributed by atoms with E-state index in [1.807, 2.05) is 0 Å². The predicted octanol–water partition coefficient (Wildman–Crippen LogP) is 2.63. The Kier molecular flexibility index (Phi) is 3.28. The number of ketones is 1. The number of carbonyl (C=O) groups is 1. The Balaban J connectivity index is 3.06. The van der Waals surface area contributed by atoms with Gasteiger partial charge in [-0.1, -0.05) is 6.92 Å². The highest BCUT2D eigenvalue weighted by molar-refractivity contribution is 5.80. The molecular formula is C10H9F3O. The number of halogens is 3. The summed E-state index contributed by atoms with van der Waals surface area (Å²) >= 11 is 0. The summed E-state index contributed by atoms with van der Waals surface area (Å²) in [5.74, 6) is -3.61. The van der Waals surface area contributed by atoms with Crippen molar-refractivity contribution in [2.75, 3.05) is 0 Å². The van der Waals surface area contributed by atoms with E-state index in [-0.39, 0.29) is 12.2 Å². The van der Waals surface area contributed by atoms with Gasteiger partial charge in [0.15, 0.2) is 11.6 Å². The number of carbonyl (C=O) groups excluding carboxylic acids is 1. The Morgan fingerprint density at radius 3 is 2.36 bits per heavy atom. The summed E-state index contributed by atoms with van der Waals surface area (Å²) < 4.78 is 38.6. The second kappa shape index (κ2) is 4.26. The molecule has 0 fully saturated rings. The quantitative estimate of drug-likeness (QED) is 0.688. The molecule has 0 atom stereocenters. The maximum Gasteiger partial charge on any atom is 0.165 e. The van der Waals surface area contributed by atoms with Crippen LogP contribution in [0.5, 0.6) is 0 Å². The predicted molar refractivity (Wildman–Crippen MR) is 45.3 cm³/mol. The van der Waals surface area contributed by atoms with Crippen LogP contribution >= 0.6 is 0 Å². The molecule has 0 saturated carbocycles. The van der Waals surface area contributed by atoms with Crippen molar-refractivity contribution >= 4 is 5.78 Å². The van der Waals surface area contributed by atoms with Crippen molar-refractivity contribution in [3.8, 4) is 0 Å². The van der Waals surface area contributed by atoms with E-state index in [1.54, 1.807) is 6.92 Å². The summed E-state index contributed by atoms with van der Waals surface area (Å²) in [4.78, 5) is 10.9. The van der Waals surface area contributed by atoms with Gasteiger partial charge in [-0.25, -0.2) is 13.2 Å². The van der Waals surface area contributed by atoms with Crippen molar-refractivity contribution in [1.82, 2.24) is 0 Å². The monoisotopic (exact) mass is 202 g/mol. The van der Waals surface area contributed by atoms with E-state index in [0.29, 0.717) is 6.07 Å². The molecule has 0 aliphatic heterocycles. The molecule has 0 spiro atoms. The standard InChI is InChI=1S/C10H9F3O/c1-2-6(14)5-7-8(11)3-4-9(12)10(7)13/h3-4H,2,5H2,1H3. The van der Waals surface area contributed by atoms with Gasteiger partial charge in [-0.2, -0.15) is 0 Å². The molecule has 0 aliphatic carbocycles. The normalized spacial score (nSPS) is 10.3. The number of benzene rings is 1. The molecule has 0 N–H and O–H groups in total. The molecule has 0 unspecified atom stereocenters. The lowest BCUT2D eigenvalue weighted by atomic mass is 10.1. The van der Waals surface area contributed by atoms with E-state index in [2.05, 4.69) is 0 Å². The average Bonchev–Trinajstić information content (AvgIpc) is 2.18. The number of hydrogen-bond donors (Lipinski definition) is 0. The van der Waals surface area contributed by atoms with E-state index in [4.69, 9.17) is 0 Å². The van der Waals surface area contributed by atoms with Crippen molar-refractivity contribution in [1.29, 1.82) is 0 Å². The molecule has 1 aromatic carbocycles. The Bertz CT molecular complexity index is 361. The van der Waals surface area contributed by atoms with Crippen molar-refractivity contribution in [2.24, 2.45) is 0 Å². The van der Waals surface area contributed by atoms with Crippen LogP contribution < -0.4 is 0 Å². The van der Waals surface area contributed by atoms with Gasteiger partial charge in [0.1, 0.15) is 11.6 Å². The van der Waals surface area contributed by atoms with Crippen LogP contribution in [0, 0.1) is 17.5 Å². The molecule has 0 radical (unpaired) electrons. The minimum Gasteiger partial charge on any atom is -0.299 e. The van der Waals surface area contributed by atoms with E-state index in [1.165, 1.54) is 0 Å². The SMILES string of the molecule is CCC(=O)Cc1c(F)ccc(F)c1F. The zero-order chi connectivity index (χ0) is 10.7. The van der Waals surface area contributed by atoms with Gasteiger partial charge in [0.25, 0.3) is 0 Å². The summed E-state index contributed by atoms with van der Waals surface area (Å²) in [6, 6.07) is 1.52. The van der Waals surface area contributed by atoms with Gasteiger partial charge in [-0.3, -0.25) is 4.79 Å². The molecule has 0 aliphatic rings. The largest absolute Gasteiger partial charge is 0.299 e. The minimum absolute atomic E-state index is 0.176. The number of rotatable bonds is 3. The molecule has 76 valence electrons. The number of Topliss-reactive ketones (excluding diaryl/α,β-unsaturated/α-hetero) is 1. The highest BCUT2D eigenvalue weighted by Gasteiger charge is 2.15. The van der Waals surface area contributed by atoms with Crippen LogP contribution in [-0.4, -0.2) is 5.78 Å². The minimum atomic E-state index is -1.27. The van der Waals surface area contributed by atoms with Gasteiger partial charge in [0.2, 0.25) is 0 Å². The smallest absolute Gasteiger partial charge is 0.165 e. The van der Waals surface area contributed by atoms with Crippen LogP contribution in [0.4, 0.5) is 13.2 Å².